The predicted octanol–water partition coefficient (Wildman–Crippen LogP) is 4.35. The van der Waals surface area contributed by atoms with Gasteiger partial charge in [0.15, 0.2) is 6.61 Å². The average Bonchev–Trinajstić information content (AvgIpc) is 2.75. The van der Waals surface area contributed by atoms with Crippen LogP contribution in [0.3, 0.4) is 0 Å². The van der Waals surface area contributed by atoms with Crippen molar-refractivity contribution in [2.75, 3.05) is 19.7 Å². The number of hydrogen-bond acceptors (Lipinski definition) is 3. The molecule has 0 saturated carbocycles. The molecule has 1 unspecified atom stereocenters. The average molecular weight is 425 g/mol. The van der Waals surface area contributed by atoms with Gasteiger partial charge in [0.05, 0.1) is 0 Å². The number of rotatable bonds is 10. The van der Waals surface area contributed by atoms with E-state index < -0.39 is 6.04 Å². The van der Waals surface area contributed by atoms with Gasteiger partial charge in [0.1, 0.15) is 11.8 Å². The Morgan fingerprint density at radius 3 is 2.19 bits per heavy atom. The van der Waals surface area contributed by atoms with Gasteiger partial charge in [-0.05, 0) is 48.4 Å². The molecular weight excluding hydrogens is 388 g/mol. The molecule has 2 aromatic carbocycles. The van der Waals surface area contributed by atoms with Crippen molar-refractivity contribution in [1.29, 1.82) is 0 Å². The van der Waals surface area contributed by atoms with Crippen molar-refractivity contribution in [2.45, 2.75) is 58.9 Å². The second kappa shape index (κ2) is 11.5. The van der Waals surface area contributed by atoms with Crippen molar-refractivity contribution in [3.05, 3.63) is 65.7 Å². The summed E-state index contributed by atoms with van der Waals surface area (Å²) in [5, 5.41) is 2.85. The number of benzene rings is 2. The van der Waals surface area contributed by atoms with Gasteiger partial charge in [0.25, 0.3) is 5.91 Å². The minimum Gasteiger partial charge on any atom is -0.484 e. The van der Waals surface area contributed by atoms with Crippen molar-refractivity contribution in [1.82, 2.24) is 10.2 Å². The lowest BCUT2D eigenvalue weighted by Gasteiger charge is -2.30. The minimum atomic E-state index is -0.511. The maximum atomic E-state index is 13.1. The van der Waals surface area contributed by atoms with E-state index in [4.69, 9.17) is 4.74 Å². The molecular formula is C26H36N2O3. The normalized spacial score (nSPS) is 12.2. The van der Waals surface area contributed by atoms with Crippen LogP contribution in [0.2, 0.25) is 0 Å². The molecule has 0 bridgehead atoms. The highest BCUT2D eigenvalue weighted by Gasteiger charge is 2.28. The zero-order valence-corrected chi connectivity index (χ0v) is 19.5. The van der Waals surface area contributed by atoms with Crippen molar-refractivity contribution < 1.29 is 14.3 Å². The second-order valence-corrected chi connectivity index (χ2v) is 8.70. The van der Waals surface area contributed by atoms with Crippen LogP contribution in [0.25, 0.3) is 0 Å². The topological polar surface area (TPSA) is 58.6 Å². The Balaban J connectivity index is 2.09. The first-order valence-corrected chi connectivity index (χ1v) is 11.1. The van der Waals surface area contributed by atoms with Crippen molar-refractivity contribution in [3.63, 3.8) is 0 Å². The first-order valence-electron chi connectivity index (χ1n) is 11.1. The van der Waals surface area contributed by atoms with Gasteiger partial charge in [0, 0.05) is 13.1 Å². The van der Waals surface area contributed by atoms with Crippen molar-refractivity contribution in [3.8, 4) is 5.75 Å². The molecule has 168 valence electrons. The summed E-state index contributed by atoms with van der Waals surface area (Å²) in [6.07, 6.45) is 1.23. The summed E-state index contributed by atoms with van der Waals surface area (Å²) in [4.78, 5) is 27.3. The number of ether oxygens (including phenoxy) is 1. The van der Waals surface area contributed by atoms with Crippen LogP contribution in [0.1, 0.15) is 52.2 Å². The number of carbonyl (C=O) groups excluding carboxylic acids is 2. The third-order valence-corrected chi connectivity index (χ3v) is 5.30. The highest BCUT2D eigenvalue weighted by molar-refractivity contribution is 5.88. The number of amides is 2. The summed E-state index contributed by atoms with van der Waals surface area (Å²) in [6.45, 7) is 11.2. The molecule has 1 N–H and O–H groups in total. The van der Waals surface area contributed by atoms with Crippen LogP contribution in [0.4, 0.5) is 0 Å². The van der Waals surface area contributed by atoms with E-state index in [0.717, 1.165) is 5.56 Å². The Labute approximate surface area is 186 Å². The highest BCUT2D eigenvalue weighted by atomic mass is 16.5. The van der Waals surface area contributed by atoms with Crippen LogP contribution in [0.15, 0.2) is 54.6 Å². The fraction of sp³-hybridized carbons (Fsp3) is 0.462. The summed E-state index contributed by atoms with van der Waals surface area (Å²) in [5.41, 5.74) is 2.39. The second-order valence-electron chi connectivity index (χ2n) is 8.70. The fourth-order valence-corrected chi connectivity index (χ4v) is 3.47. The number of likely N-dealkylation sites (N-methyl/N-ethyl adjacent to an activating group) is 1. The first kappa shape index (κ1) is 24.4. The molecule has 1 atom stereocenters. The lowest BCUT2D eigenvalue weighted by atomic mass is 9.87. The lowest BCUT2D eigenvalue weighted by molar-refractivity contribution is -0.142. The molecule has 0 spiro atoms. The summed E-state index contributed by atoms with van der Waals surface area (Å²) in [5.74, 6) is 0.338. The Morgan fingerprint density at radius 1 is 1.00 bits per heavy atom. The summed E-state index contributed by atoms with van der Waals surface area (Å²) < 4.78 is 5.78. The molecule has 0 aliphatic rings. The maximum absolute atomic E-state index is 13.1. The largest absolute Gasteiger partial charge is 0.484 e. The van der Waals surface area contributed by atoms with Crippen LogP contribution in [0.5, 0.6) is 5.75 Å². The lowest BCUT2D eigenvalue weighted by Crippen LogP contribution is -2.51. The minimum absolute atomic E-state index is 0.0591. The SMILES string of the molecule is CCNC(=O)C(CC)N(CCc1ccccc1)C(=O)COc1ccc(C(C)(C)C)cc1. The van der Waals surface area contributed by atoms with Crippen LogP contribution < -0.4 is 10.1 Å². The Kier molecular flexibility index (Phi) is 9.10. The van der Waals surface area contributed by atoms with Crippen LogP contribution in [-0.2, 0) is 21.4 Å². The Bertz CT molecular complexity index is 826. The van der Waals surface area contributed by atoms with E-state index in [-0.39, 0.29) is 23.8 Å². The van der Waals surface area contributed by atoms with Crippen molar-refractivity contribution in [2.24, 2.45) is 0 Å². The standard InChI is InChI=1S/C26H36N2O3/c1-6-23(25(30)27-7-2)28(18-17-20-11-9-8-10-12-20)24(29)19-31-22-15-13-21(14-16-22)26(3,4)5/h8-16,23H,6-7,17-19H2,1-5H3,(H,27,30). The molecule has 5 heteroatoms. The summed E-state index contributed by atoms with van der Waals surface area (Å²) >= 11 is 0. The van der Waals surface area contributed by atoms with Gasteiger partial charge in [-0.3, -0.25) is 9.59 Å². The van der Waals surface area contributed by atoms with Gasteiger partial charge in [-0.2, -0.15) is 0 Å². The number of carbonyl (C=O) groups is 2. The van der Waals surface area contributed by atoms with Gasteiger partial charge in [-0.1, -0.05) is 70.2 Å². The Morgan fingerprint density at radius 2 is 1.65 bits per heavy atom. The fourth-order valence-electron chi connectivity index (χ4n) is 3.47. The molecule has 0 aliphatic heterocycles. The number of hydrogen-bond donors (Lipinski definition) is 1. The van der Waals surface area contributed by atoms with E-state index in [1.165, 1.54) is 5.56 Å². The Hall–Kier alpha value is -2.82. The molecule has 0 heterocycles. The summed E-state index contributed by atoms with van der Waals surface area (Å²) in [7, 11) is 0. The zero-order chi connectivity index (χ0) is 22.9. The highest BCUT2D eigenvalue weighted by Crippen LogP contribution is 2.24. The third kappa shape index (κ3) is 7.42. The quantitative estimate of drug-likeness (QED) is 0.617. The predicted molar refractivity (Wildman–Crippen MR) is 125 cm³/mol. The molecule has 2 amide bonds. The third-order valence-electron chi connectivity index (χ3n) is 5.30. The molecule has 2 rings (SSSR count). The van der Waals surface area contributed by atoms with Gasteiger partial charge in [-0.25, -0.2) is 0 Å². The summed E-state index contributed by atoms with van der Waals surface area (Å²) in [6, 6.07) is 17.3. The monoisotopic (exact) mass is 424 g/mol. The van der Waals surface area contributed by atoms with E-state index in [2.05, 4.69) is 26.1 Å². The molecule has 31 heavy (non-hydrogen) atoms. The van der Waals surface area contributed by atoms with Gasteiger partial charge >= 0.3 is 0 Å². The first-order chi connectivity index (χ1) is 14.8. The van der Waals surface area contributed by atoms with E-state index in [9.17, 15) is 9.59 Å². The van der Waals surface area contributed by atoms with Crippen LogP contribution in [-0.4, -0.2) is 42.5 Å². The molecule has 0 fully saturated rings. The molecule has 0 radical (unpaired) electrons. The molecule has 0 aromatic heterocycles. The van der Waals surface area contributed by atoms with Crippen molar-refractivity contribution >= 4 is 11.8 Å². The molecule has 0 saturated heterocycles. The van der Waals surface area contributed by atoms with E-state index in [1.807, 2.05) is 68.4 Å². The van der Waals surface area contributed by atoms with Crippen LogP contribution in [0, 0.1) is 0 Å². The smallest absolute Gasteiger partial charge is 0.261 e. The zero-order valence-electron chi connectivity index (χ0n) is 19.5. The van der Waals surface area contributed by atoms with Gasteiger partial charge in [-0.15, -0.1) is 0 Å². The van der Waals surface area contributed by atoms with Gasteiger partial charge < -0.3 is 15.0 Å². The molecule has 0 aliphatic carbocycles. The number of nitrogens with zero attached hydrogens (tertiary/aromatic N) is 1. The molecule has 5 nitrogen and oxygen atoms in total. The number of nitrogens with one attached hydrogen (secondary N) is 1. The van der Waals surface area contributed by atoms with E-state index in [1.54, 1.807) is 4.90 Å². The van der Waals surface area contributed by atoms with Gasteiger partial charge in [0.2, 0.25) is 5.91 Å². The maximum Gasteiger partial charge on any atom is 0.261 e. The molecule has 2 aromatic rings. The van der Waals surface area contributed by atoms with Crippen LogP contribution >= 0.6 is 0 Å². The van der Waals surface area contributed by atoms with E-state index in [0.29, 0.717) is 31.7 Å². The van der Waals surface area contributed by atoms with E-state index >= 15 is 0 Å².